The second kappa shape index (κ2) is 7.25. The van der Waals surface area contributed by atoms with Gasteiger partial charge >= 0.3 is 0 Å². The smallest absolute Gasteiger partial charge is 0.123 e. The summed E-state index contributed by atoms with van der Waals surface area (Å²) in [6, 6.07) is 14.9. The highest BCUT2D eigenvalue weighted by atomic mass is 19.1. The highest BCUT2D eigenvalue weighted by Gasteiger charge is 2.23. The minimum absolute atomic E-state index is 0.247. The predicted molar refractivity (Wildman–Crippen MR) is 97.5 cm³/mol. The predicted octanol–water partition coefficient (Wildman–Crippen LogP) is 3.16. The number of aromatic nitrogens is 1. The molecule has 0 bridgehead atoms. The molecule has 0 spiro atoms. The van der Waals surface area contributed by atoms with Gasteiger partial charge in [-0.05, 0) is 48.9 Å². The van der Waals surface area contributed by atoms with Gasteiger partial charge in [0.15, 0.2) is 0 Å². The number of fused-ring (bicyclic) bond motifs is 3. The summed E-state index contributed by atoms with van der Waals surface area (Å²) in [5, 5.41) is 8.35. The maximum absolute atomic E-state index is 12.9. The van der Waals surface area contributed by atoms with Gasteiger partial charge in [-0.3, -0.25) is 0 Å². The van der Waals surface area contributed by atoms with E-state index in [1.54, 1.807) is 12.1 Å². The first-order valence-corrected chi connectivity index (χ1v) is 8.73. The number of H-pyrrole nitrogens is 1. The zero-order valence-electron chi connectivity index (χ0n) is 14.0. The lowest BCUT2D eigenvalue weighted by atomic mass is 9.99. The molecule has 3 N–H and O–H groups in total. The average Bonchev–Trinajstić information content (AvgIpc) is 3.02. The van der Waals surface area contributed by atoms with Gasteiger partial charge in [0.2, 0.25) is 0 Å². The minimum atomic E-state index is -0.247. The highest BCUT2D eigenvalue weighted by Crippen LogP contribution is 2.29. The van der Waals surface area contributed by atoms with Gasteiger partial charge in [-0.25, -0.2) is 4.39 Å². The van der Waals surface area contributed by atoms with E-state index < -0.39 is 0 Å². The van der Waals surface area contributed by atoms with Crippen molar-refractivity contribution in [3.63, 3.8) is 0 Å². The molecular formula is C20H22FN3O. The lowest BCUT2D eigenvalue weighted by Gasteiger charge is -2.24. The number of benzene rings is 2. The zero-order valence-corrected chi connectivity index (χ0v) is 14.0. The number of nitrogens with one attached hydrogen (secondary N) is 3. The molecule has 0 radical (unpaired) electrons. The summed E-state index contributed by atoms with van der Waals surface area (Å²) in [6.45, 7) is 3.13. The summed E-state index contributed by atoms with van der Waals surface area (Å²) in [5.74, 6) is 0.444. The Morgan fingerprint density at radius 2 is 1.96 bits per heavy atom. The molecule has 4 nitrogen and oxygen atoms in total. The van der Waals surface area contributed by atoms with Crippen molar-refractivity contribution in [3.05, 3.63) is 65.6 Å². The van der Waals surface area contributed by atoms with Crippen LogP contribution in [0.25, 0.3) is 10.9 Å². The summed E-state index contributed by atoms with van der Waals surface area (Å²) in [4.78, 5) is 3.57. The van der Waals surface area contributed by atoms with E-state index in [1.807, 2.05) is 0 Å². The van der Waals surface area contributed by atoms with Gasteiger partial charge in [0.25, 0.3) is 0 Å². The Morgan fingerprint density at radius 3 is 2.84 bits per heavy atom. The highest BCUT2D eigenvalue weighted by molar-refractivity contribution is 5.85. The SMILES string of the molecule is Fc1ccc(OCCNCC2NCCc3c2[nH]c2ccccc32)cc1. The van der Waals surface area contributed by atoms with Crippen LogP contribution in [0.2, 0.25) is 0 Å². The van der Waals surface area contributed by atoms with Gasteiger partial charge < -0.3 is 20.4 Å². The van der Waals surface area contributed by atoms with Crippen molar-refractivity contribution in [3.8, 4) is 5.75 Å². The number of hydrogen-bond donors (Lipinski definition) is 3. The lowest BCUT2D eigenvalue weighted by molar-refractivity contribution is 0.309. The zero-order chi connectivity index (χ0) is 17.1. The van der Waals surface area contributed by atoms with E-state index in [1.165, 1.54) is 34.3 Å². The van der Waals surface area contributed by atoms with Gasteiger partial charge in [-0.1, -0.05) is 18.2 Å². The Bertz CT molecular complexity index is 844. The van der Waals surface area contributed by atoms with Crippen LogP contribution in [-0.2, 0) is 6.42 Å². The van der Waals surface area contributed by atoms with Gasteiger partial charge in [0, 0.05) is 29.7 Å². The van der Waals surface area contributed by atoms with E-state index >= 15 is 0 Å². The minimum Gasteiger partial charge on any atom is -0.492 e. The van der Waals surface area contributed by atoms with E-state index in [4.69, 9.17) is 4.74 Å². The van der Waals surface area contributed by atoms with Crippen LogP contribution in [0.3, 0.4) is 0 Å². The normalized spacial score (nSPS) is 16.8. The van der Waals surface area contributed by atoms with Crippen molar-refractivity contribution >= 4 is 10.9 Å². The maximum atomic E-state index is 12.9. The molecule has 4 rings (SSSR count). The molecule has 25 heavy (non-hydrogen) atoms. The Morgan fingerprint density at radius 1 is 1.12 bits per heavy atom. The number of aromatic amines is 1. The summed E-state index contributed by atoms with van der Waals surface area (Å²) in [5.41, 5.74) is 3.93. The van der Waals surface area contributed by atoms with E-state index in [0.717, 1.165) is 26.1 Å². The Hall–Kier alpha value is -2.37. The first-order chi connectivity index (χ1) is 12.3. The van der Waals surface area contributed by atoms with Crippen molar-refractivity contribution in [2.75, 3.05) is 26.2 Å². The first-order valence-electron chi connectivity index (χ1n) is 8.73. The molecule has 0 saturated heterocycles. The van der Waals surface area contributed by atoms with Gasteiger partial charge in [-0.2, -0.15) is 0 Å². The van der Waals surface area contributed by atoms with E-state index in [-0.39, 0.29) is 11.9 Å². The number of halogens is 1. The summed E-state index contributed by atoms with van der Waals surface area (Å²) in [7, 11) is 0. The third-order valence-corrected chi connectivity index (χ3v) is 4.67. The number of ether oxygens (including phenoxy) is 1. The summed E-state index contributed by atoms with van der Waals surface area (Å²) in [6.07, 6.45) is 1.06. The van der Waals surface area contributed by atoms with Crippen molar-refractivity contribution in [2.24, 2.45) is 0 Å². The molecule has 0 amide bonds. The lowest BCUT2D eigenvalue weighted by Crippen LogP contribution is -2.37. The molecule has 1 aliphatic rings. The Balaban J connectivity index is 1.31. The fraction of sp³-hybridized carbons (Fsp3) is 0.300. The molecule has 0 saturated carbocycles. The third-order valence-electron chi connectivity index (χ3n) is 4.67. The molecule has 5 heteroatoms. The number of rotatable bonds is 6. The Labute approximate surface area is 146 Å². The van der Waals surface area contributed by atoms with Crippen LogP contribution in [0.1, 0.15) is 17.3 Å². The molecule has 1 unspecified atom stereocenters. The molecule has 130 valence electrons. The Kier molecular flexibility index (Phi) is 4.68. The first kappa shape index (κ1) is 16.1. The van der Waals surface area contributed by atoms with Crippen LogP contribution in [0.15, 0.2) is 48.5 Å². The van der Waals surface area contributed by atoms with E-state index in [9.17, 15) is 4.39 Å². The molecule has 1 aromatic heterocycles. The van der Waals surface area contributed by atoms with E-state index in [2.05, 4.69) is 39.9 Å². The van der Waals surface area contributed by atoms with Crippen LogP contribution in [0.4, 0.5) is 4.39 Å². The fourth-order valence-electron chi connectivity index (χ4n) is 3.45. The van der Waals surface area contributed by atoms with Crippen LogP contribution in [0, 0.1) is 5.82 Å². The molecule has 1 atom stereocenters. The largest absolute Gasteiger partial charge is 0.492 e. The van der Waals surface area contributed by atoms with Crippen molar-refractivity contribution in [1.29, 1.82) is 0 Å². The average molecular weight is 339 g/mol. The molecule has 3 aromatic rings. The molecule has 2 heterocycles. The second-order valence-corrected chi connectivity index (χ2v) is 6.33. The summed E-state index contributed by atoms with van der Waals surface area (Å²) < 4.78 is 18.5. The van der Waals surface area contributed by atoms with Crippen molar-refractivity contribution in [1.82, 2.24) is 15.6 Å². The fourth-order valence-corrected chi connectivity index (χ4v) is 3.45. The van der Waals surface area contributed by atoms with Crippen molar-refractivity contribution in [2.45, 2.75) is 12.5 Å². The molecule has 1 aliphatic heterocycles. The second-order valence-electron chi connectivity index (χ2n) is 6.33. The number of hydrogen-bond acceptors (Lipinski definition) is 3. The van der Waals surface area contributed by atoms with Gasteiger partial charge in [-0.15, -0.1) is 0 Å². The topological polar surface area (TPSA) is 49.1 Å². The van der Waals surface area contributed by atoms with Crippen molar-refractivity contribution < 1.29 is 9.13 Å². The maximum Gasteiger partial charge on any atom is 0.123 e. The van der Waals surface area contributed by atoms with Crippen LogP contribution >= 0.6 is 0 Å². The van der Waals surface area contributed by atoms with Crippen LogP contribution < -0.4 is 15.4 Å². The molecule has 0 aliphatic carbocycles. The van der Waals surface area contributed by atoms with E-state index in [0.29, 0.717) is 12.4 Å². The molecule has 2 aromatic carbocycles. The summed E-state index contributed by atoms with van der Waals surface area (Å²) >= 11 is 0. The monoisotopic (exact) mass is 339 g/mol. The van der Waals surface area contributed by atoms with Crippen LogP contribution in [-0.4, -0.2) is 31.2 Å². The molecule has 0 fully saturated rings. The third kappa shape index (κ3) is 3.52. The standard InChI is InChI=1S/C20H22FN3O/c21-14-5-7-15(8-6-14)25-12-11-22-13-19-20-17(9-10-23-19)16-3-1-2-4-18(16)24-20/h1-8,19,22-24H,9-13H2. The quantitative estimate of drug-likeness (QED) is 0.605. The van der Waals surface area contributed by atoms with Gasteiger partial charge in [0.05, 0.1) is 6.04 Å². The molecular weight excluding hydrogens is 317 g/mol. The van der Waals surface area contributed by atoms with Gasteiger partial charge in [0.1, 0.15) is 18.2 Å². The number of para-hydroxylation sites is 1. The van der Waals surface area contributed by atoms with Crippen LogP contribution in [0.5, 0.6) is 5.75 Å².